The van der Waals surface area contributed by atoms with E-state index in [0.717, 1.165) is 45.3 Å². The second-order valence-corrected chi connectivity index (χ2v) is 8.51. The minimum Gasteiger partial charge on any atom is -0.490 e. The average Bonchev–Trinajstić information content (AvgIpc) is 2.75. The van der Waals surface area contributed by atoms with E-state index < -0.39 is 11.6 Å². The molecule has 2 N–H and O–H groups in total. The summed E-state index contributed by atoms with van der Waals surface area (Å²) in [5.41, 5.74) is 0.173. The predicted octanol–water partition coefficient (Wildman–Crippen LogP) is 2.80. The second kappa shape index (κ2) is 9.39. The fourth-order valence-electron chi connectivity index (χ4n) is 4.83. The summed E-state index contributed by atoms with van der Waals surface area (Å²) in [6.45, 7) is 4.60. The lowest BCUT2D eigenvalue weighted by molar-refractivity contribution is -0.138. The van der Waals surface area contributed by atoms with Crippen LogP contribution in [0.1, 0.15) is 50.0 Å². The number of hydrogen-bond acceptors (Lipinski definition) is 4. The van der Waals surface area contributed by atoms with Crippen molar-refractivity contribution in [3.63, 3.8) is 0 Å². The van der Waals surface area contributed by atoms with Gasteiger partial charge in [-0.15, -0.1) is 0 Å². The Balaban J connectivity index is 1.32. The number of amides is 1. The van der Waals surface area contributed by atoms with Gasteiger partial charge in [0, 0.05) is 62.0 Å². The van der Waals surface area contributed by atoms with Crippen molar-refractivity contribution in [2.45, 2.75) is 50.5 Å². The van der Waals surface area contributed by atoms with Gasteiger partial charge in [0.25, 0.3) is 0 Å². The summed E-state index contributed by atoms with van der Waals surface area (Å²) in [7, 11) is 0. The van der Waals surface area contributed by atoms with Crippen LogP contribution in [0.2, 0.25) is 0 Å². The van der Waals surface area contributed by atoms with Gasteiger partial charge in [0.1, 0.15) is 23.5 Å². The van der Waals surface area contributed by atoms with Crippen LogP contribution in [0.3, 0.4) is 0 Å². The maximum Gasteiger partial charge on any atom is 0.225 e. The SMILES string of the molecule is O=C(C1CCNCC1)N1CCC(Oc2cc(F)c([C@H]3CCCNC3)c(F)c2)CC1. The van der Waals surface area contributed by atoms with Crippen molar-refractivity contribution in [2.24, 2.45) is 5.92 Å². The largest absolute Gasteiger partial charge is 0.490 e. The second-order valence-electron chi connectivity index (χ2n) is 8.51. The van der Waals surface area contributed by atoms with Gasteiger partial charge in [-0.05, 0) is 45.3 Å². The Morgan fingerprint density at radius 1 is 0.966 bits per heavy atom. The van der Waals surface area contributed by atoms with Crippen LogP contribution in [0.25, 0.3) is 0 Å². The third kappa shape index (κ3) is 4.89. The maximum atomic E-state index is 14.6. The lowest BCUT2D eigenvalue weighted by Gasteiger charge is -2.35. The molecule has 1 aromatic rings. The van der Waals surface area contributed by atoms with Crippen LogP contribution in [0.15, 0.2) is 12.1 Å². The molecular weight excluding hydrogens is 376 g/mol. The standard InChI is InChI=1S/C22H31F2N3O2/c23-19-12-18(13-20(24)21(19)16-2-1-7-26-14-16)29-17-5-10-27(11-6-17)22(28)15-3-8-25-9-4-15/h12-13,15-17,25-26H,1-11,14H2/t16-/m0/s1. The third-order valence-electron chi connectivity index (χ3n) is 6.50. The molecule has 3 heterocycles. The molecule has 1 atom stereocenters. The van der Waals surface area contributed by atoms with Crippen molar-refractivity contribution in [3.8, 4) is 5.75 Å². The van der Waals surface area contributed by atoms with E-state index in [1.807, 2.05) is 4.90 Å². The molecule has 0 aromatic heterocycles. The summed E-state index contributed by atoms with van der Waals surface area (Å²) < 4.78 is 35.1. The van der Waals surface area contributed by atoms with E-state index in [1.165, 1.54) is 12.1 Å². The van der Waals surface area contributed by atoms with Gasteiger partial charge in [-0.2, -0.15) is 0 Å². The van der Waals surface area contributed by atoms with E-state index in [1.54, 1.807) is 0 Å². The Kier molecular flexibility index (Phi) is 6.65. The van der Waals surface area contributed by atoms with Crippen molar-refractivity contribution in [1.82, 2.24) is 15.5 Å². The van der Waals surface area contributed by atoms with Gasteiger partial charge < -0.3 is 20.3 Å². The van der Waals surface area contributed by atoms with Crippen LogP contribution >= 0.6 is 0 Å². The summed E-state index contributed by atoms with van der Waals surface area (Å²) in [5.74, 6) is -0.552. The molecule has 3 aliphatic heterocycles. The number of nitrogens with one attached hydrogen (secondary N) is 2. The van der Waals surface area contributed by atoms with Crippen LogP contribution in [-0.2, 0) is 4.79 Å². The number of halogens is 2. The normalized spacial score (nSPS) is 24.5. The molecule has 160 valence electrons. The lowest BCUT2D eigenvalue weighted by atomic mass is 9.91. The van der Waals surface area contributed by atoms with Gasteiger partial charge in [0.15, 0.2) is 0 Å². The molecule has 5 nitrogen and oxygen atoms in total. The molecule has 0 saturated carbocycles. The molecule has 4 rings (SSSR count). The van der Waals surface area contributed by atoms with Gasteiger partial charge >= 0.3 is 0 Å². The Labute approximate surface area is 171 Å². The molecule has 1 aromatic carbocycles. The molecule has 0 spiro atoms. The molecule has 1 amide bonds. The fraction of sp³-hybridized carbons (Fsp3) is 0.682. The monoisotopic (exact) mass is 407 g/mol. The summed E-state index contributed by atoms with van der Waals surface area (Å²) in [5, 5.41) is 6.49. The molecular formula is C22H31F2N3O2. The molecule has 0 bridgehead atoms. The van der Waals surface area contributed by atoms with Gasteiger partial charge in [0.2, 0.25) is 5.91 Å². The van der Waals surface area contributed by atoms with Crippen LogP contribution in [0, 0.1) is 17.6 Å². The molecule has 0 unspecified atom stereocenters. The Morgan fingerprint density at radius 2 is 1.66 bits per heavy atom. The van der Waals surface area contributed by atoms with Crippen molar-refractivity contribution >= 4 is 5.91 Å². The van der Waals surface area contributed by atoms with Gasteiger partial charge in [-0.3, -0.25) is 4.79 Å². The Bertz CT molecular complexity index is 687. The Hall–Kier alpha value is -1.73. The lowest BCUT2D eigenvalue weighted by Crippen LogP contribution is -2.46. The first-order valence-corrected chi connectivity index (χ1v) is 11.0. The first-order chi connectivity index (χ1) is 14.1. The van der Waals surface area contributed by atoms with Gasteiger partial charge in [-0.25, -0.2) is 8.78 Å². The number of rotatable bonds is 4. The van der Waals surface area contributed by atoms with Crippen LogP contribution in [0.4, 0.5) is 8.78 Å². The highest BCUT2D eigenvalue weighted by Gasteiger charge is 2.30. The molecule has 3 saturated heterocycles. The minimum absolute atomic E-state index is 0.118. The number of ether oxygens (including phenoxy) is 1. The number of benzene rings is 1. The van der Waals surface area contributed by atoms with Gasteiger partial charge in [-0.1, -0.05) is 0 Å². The third-order valence-corrected chi connectivity index (χ3v) is 6.50. The predicted molar refractivity (Wildman–Crippen MR) is 107 cm³/mol. The summed E-state index contributed by atoms with van der Waals surface area (Å²) in [6.07, 6.45) is 4.78. The van der Waals surface area contributed by atoms with E-state index >= 15 is 0 Å². The first-order valence-electron chi connectivity index (χ1n) is 11.0. The zero-order chi connectivity index (χ0) is 20.2. The summed E-state index contributed by atoms with van der Waals surface area (Å²) in [6, 6.07) is 2.64. The van der Waals surface area contributed by atoms with Crippen LogP contribution in [-0.4, -0.2) is 56.2 Å². The molecule has 0 aliphatic carbocycles. The zero-order valence-corrected chi connectivity index (χ0v) is 16.9. The van der Waals surface area contributed by atoms with E-state index in [2.05, 4.69) is 10.6 Å². The molecule has 3 aliphatic rings. The van der Waals surface area contributed by atoms with Crippen molar-refractivity contribution in [2.75, 3.05) is 39.3 Å². The molecule has 0 radical (unpaired) electrons. The summed E-state index contributed by atoms with van der Waals surface area (Å²) >= 11 is 0. The number of likely N-dealkylation sites (tertiary alicyclic amines) is 1. The van der Waals surface area contributed by atoms with Crippen molar-refractivity contribution < 1.29 is 18.3 Å². The van der Waals surface area contributed by atoms with E-state index in [4.69, 9.17) is 4.74 Å². The van der Waals surface area contributed by atoms with Crippen molar-refractivity contribution in [3.05, 3.63) is 29.3 Å². The maximum absolute atomic E-state index is 14.6. The number of hydrogen-bond donors (Lipinski definition) is 2. The van der Waals surface area contributed by atoms with E-state index in [0.29, 0.717) is 32.5 Å². The number of nitrogens with zero attached hydrogens (tertiary/aromatic N) is 1. The highest BCUT2D eigenvalue weighted by atomic mass is 19.1. The quantitative estimate of drug-likeness (QED) is 0.806. The minimum atomic E-state index is -0.521. The molecule has 7 heteroatoms. The molecule has 29 heavy (non-hydrogen) atoms. The zero-order valence-electron chi connectivity index (χ0n) is 16.9. The van der Waals surface area contributed by atoms with Gasteiger partial charge in [0.05, 0.1) is 0 Å². The van der Waals surface area contributed by atoms with Crippen molar-refractivity contribution in [1.29, 1.82) is 0 Å². The van der Waals surface area contributed by atoms with E-state index in [9.17, 15) is 13.6 Å². The van der Waals surface area contributed by atoms with Crippen LogP contribution in [0.5, 0.6) is 5.75 Å². The fourth-order valence-corrected chi connectivity index (χ4v) is 4.83. The smallest absolute Gasteiger partial charge is 0.225 e. The highest BCUT2D eigenvalue weighted by Crippen LogP contribution is 2.32. The highest BCUT2D eigenvalue weighted by molar-refractivity contribution is 5.79. The average molecular weight is 408 g/mol. The first kappa shape index (κ1) is 20.5. The van der Waals surface area contributed by atoms with E-state index in [-0.39, 0.29) is 35.2 Å². The van der Waals surface area contributed by atoms with Crippen LogP contribution < -0.4 is 15.4 Å². The number of carbonyl (C=O) groups excluding carboxylic acids is 1. The number of carbonyl (C=O) groups is 1. The summed E-state index contributed by atoms with van der Waals surface area (Å²) in [4.78, 5) is 14.6. The Morgan fingerprint density at radius 3 is 2.28 bits per heavy atom. The topological polar surface area (TPSA) is 53.6 Å². The molecule has 3 fully saturated rings. The number of piperidine rings is 3.